The molecule has 1 N–H and O–H groups in total. The predicted molar refractivity (Wildman–Crippen MR) is 87.8 cm³/mol. The van der Waals surface area contributed by atoms with Gasteiger partial charge in [-0.05, 0) is 11.1 Å². The third-order valence-electron chi connectivity index (χ3n) is 3.46. The second-order valence-electron chi connectivity index (χ2n) is 5.31. The molecule has 2 aromatic rings. The van der Waals surface area contributed by atoms with Crippen LogP contribution < -0.4 is 0 Å². The highest BCUT2D eigenvalue weighted by Gasteiger charge is 2.20. The van der Waals surface area contributed by atoms with Gasteiger partial charge >= 0.3 is 0 Å². The third kappa shape index (κ3) is 6.32. The van der Waals surface area contributed by atoms with Crippen molar-refractivity contribution < 1.29 is 19.4 Å². The molecule has 23 heavy (non-hydrogen) atoms. The zero-order valence-corrected chi connectivity index (χ0v) is 13.0. The highest BCUT2D eigenvalue weighted by Crippen LogP contribution is 2.10. The largest absolute Gasteiger partial charge is 0.388 e. The average Bonchev–Trinajstić information content (AvgIpc) is 2.60. The molecule has 0 aromatic heterocycles. The molecule has 0 aliphatic heterocycles. The van der Waals surface area contributed by atoms with E-state index in [4.69, 9.17) is 9.47 Å². The van der Waals surface area contributed by atoms with Crippen LogP contribution in [-0.2, 0) is 27.5 Å². The highest BCUT2D eigenvalue weighted by atomic mass is 16.5. The van der Waals surface area contributed by atoms with E-state index >= 15 is 0 Å². The monoisotopic (exact) mass is 314 g/mol. The van der Waals surface area contributed by atoms with E-state index < -0.39 is 12.2 Å². The SMILES string of the molecule is O=CC[C@H](OCc1ccccc1)[C@H](O)COCc1ccccc1. The molecule has 0 unspecified atom stereocenters. The Bertz CT molecular complexity index is 556. The molecular weight excluding hydrogens is 292 g/mol. The molecule has 0 saturated heterocycles. The number of aldehydes is 1. The van der Waals surface area contributed by atoms with E-state index in [0.29, 0.717) is 13.2 Å². The molecule has 0 bridgehead atoms. The summed E-state index contributed by atoms with van der Waals surface area (Å²) in [5.74, 6) is 0. The molecule has 0 fully saturated rings. The fraction of sp³-hybridized carbons (Fsp3) is 0.316. The molecule has 0 radical (unpaired) electrons. The molecule has 2 aromatic carbocycles. The molecule has 0 heterocycles. The molecule has 2 atom stereocenters. The Labute approximate surface area is 136 Å². The zero-order chi connectivity index (χ0) is 16.3. The van der Waals surface area contributed by atoms with Crippen LogP contribution in [0.2, 0.25) is 0 Å². The van der Waals surface area contributed by atoms with Crippen LogP contribution in [0.3, 0.4) is 0 Å². The van der Waals surface area contributed by atoms with Crippen molar-refractivity contribution in [1.82, 2.24) is 0 Å². The number of aliphatic hydroxyl groups is 1. The lowest BCUT2D eigenvalue weighted by Gasteiger charge is -2.21. The fourth-order valence-electron chi connectivity index (χ4n) is 2.19. The predicted octanol–water partition coefficient (Wildman–Crippen LogP) is 2.74. The van der Waals surface area contributed by atoms with Gasteiger partial charge in [-0.3, -0.25) is 0 Å². The number of rotatable bonds is 10. The van der Waals surface area contributed by atoms with Crippen molar-refractivity contribution in [2.75, 3.05) is 6.61 Å². The third-order valence-corrected chi connectivity index (χ3v) is 3.46. The Balaban J connectivity index is 1.78. The number of ether oxygens (including phenoxy) is 2. The summed E-state index contributed by atoms with van der Waals surface area (Å²) in [5, 5.41) is 10.2. The molecule has 0 aliphatic carbocycles. The maximum atomic E-state index is 10.8. The quantitative estimate of drug-likeness (QED) is 0.685. The summed E-state index contributed by atoms with van der Waals surface area (Å²) in [7, 11) is 0. The summed E-state index contributed by atoms with van der Waals surface area (Å²) < 4.78 is 11.2. The summed E-state index contributed by atoms with van der Waals surface area (Å²) >= 11 is 0. The van der Waals surface area contributed by atoms with Gasteiger partial charge in [-0.25, -0.2) is 0 Å². The van der Waals surface area contributed by atoms with Crippen LogP contribution in [0.4, 0.5) is 0 Å². The summed E-state index contributed by atoms with van der Waals surface area (Å²) in [6.45, 7) is 0.904. The smallest absolute Gasteiger partial charge is 0.122 e. The molecule has 4 heteroatoms. The first kappa shape index (κ1) is 17.3. The van der Waals surface area contributed by atoms with Crippen LogP contribution in [0.15, 0.2) is 60.7 Å². The molecule has 2 rings (SSSR count). The van der Waals surface area contributed by atoms with Gasteiger partial charge in [0, 0.05) is 6.42 Å². The number of aliphatic hydroxyl groups excluding tert-OH is 1. The molecule has 122 valence electrons. The molecule has 0 spiro atoms. The molecule has 0 saturated carbocycles. The lowest BCUT2D eigenvalue weighted by atomic mass is 10.1. The van der Waals surface area contributed by atoms with Crippen LogP contribution >= 0.6 is 0 Å². The summed E-state index contributed by atoms with van der Waals surface area (Å²) in [5.41, 5.74) is 2.04. The van der Waals surface area contributed by atoms with Gasteiger partial charge in [-0.15, -0.1) is 0 Å². The van der Waals surface area contributed by atoms with Crippen LogP contribution in [0.1, 0.15) is 17.5 Å². The zero-order valence-electron chi connectivity index (χ0n) is 13.0. The van der Waals surface area contributed by atoms with E-state index in [1.54, 1.807) is 0 Å². The van der Waals surface area contributed by atoms with Gasteiger partial charge in [-0.2, -0.15) is 0 Å². The maximum absolute atomic E-state index is 10.8. The Morgan fingerprint density at radius 2 is 1.48 bits per heavy atom. The number of carbonyl (C=O) groups is 1. The summed E-state index contributed by atoms with van der Waals surface area (Å²) in [4.78, 5) is 10.8. The van der Waals surface area contributed by atoms with E-state index in [0.717, 1.165) is 17.4 Å². The van der Waals surface area contributed by atoms with Crippen molar-refractivity contribution >= 4 is 6.29 Å². The first-order valence-corrected chi connectivity index (χ1v) is 7.68. The minimum absolute atomic E-state index is 0.127. The Morgan fingerprint density at radius 3 is 2.04 bits per heavy atom. The van der Waals surface area contributed by atoms with E-state index in [-0.39, 0.29) is 13.0 Å². The van der Waals surface area contributed by atoms with Gasteiger partial charge in [0.05, 0.1) is 25.9 Å². The maximum Gasteiger partial charge on any atom is 0.122 e. The number of hydrogen-bond acceptors (Lipinski definition) is 4. The van der Waals surface area contributed by atoms with Crippen molar-refractivity contribution in [2.45, 2.75) is 31.8 Å². The topological polar surface area (TPSA) is 55.8 Å². The van der Waals surface area contributed by atoms with Gasteiger partial charge < -0.3 is 19.4 Å². The van der Waals surface area contributed by atoms with E-state index in [2.05, 4.69) is 0 Å². The molecule has 0 amide bonds. The first-order valence-electron chi connectivity index (χ1n) is 7.68. The van der Waals surface area contributed by atoms with Crippen molar-refractivity contribution in [2.24, 2.45) is 0 Å². The lowest BCUT2D eigenvalue weighted by Crippen LogP contribution is -2.33. The van der Waals surface area contributed by atoms with Crippen molar-refractivity contribution in [3.05, 3.63) is 71.8 Å². The number of benzene rings is 2. The summed E-state index contributed by atoms with van der Waals surface area (Å²) in [6, 6.07) is 19.4. The molecular formula is C19H22O4. The van der Waals surface area contributed by atoms with Crippen LogP contribution in [0, 0.1) is 0 Å². The van der Waals surface area contributed by atoms with Crippen LogP contribution in [0.5, 0.6) is 0 Å². The minimum Gasteiger partial charge on any atom is -0.388 e. The Morgan fingerprint density at radius 1 is 0.913 bits per heavy atom. The minimum atomic E-state index is -0.840. The van der Waals surface area contributed by atoms with Gasteiger partial charge in [0.2, 0.25) is 0 Å². The average molecular weight is 314 g/mol. The van der Waals surface area contributed by atoms with Gasteiger partial charge in [-0.1, -0.05) is 60.7 Å². The number of carbonyl (C=O) groups excluding carboxylic acids is 1. The van der Waals surface area contributed by atoms with E-state index in [9.17, 15) is 9.90 Å². The normalized spacial score (nSPS) is 13.4. The highest BCUT2D eigenvalue weighted by molar-refractivity contribution is 5.50. The molecule has 4 nitrogen and oxygen atoms in total. The summed E-state index contributed by atoms with van der Waals surface area (Å²) in [6.07, 6.45) is -0.505. The second-order valence-corrected chi connectivity index (χ2v) is 5.31. The lowest BCUT2D eigenvalue weighted by molar-refractivity contribution is -0.117. The van der Waals surface area contributed by atoms with E-state index in [1.165, 1.54) is 0 Å². The molecule has 0 aliphatic rings. The van der Waals surface area contributed by atoms with Gasteiger partial charge in [0.25, 0.3) is 0 Å². The van der Waals surface area contributed by atoms with Gasteiger partial charge in [0.15, 0.2) is 0 Å². The second kappa shape index (κ2) is 9.90. The van der Waals surface area contributed by atoms with Crippen molar-refractivity contribution in [3.63, 3.8) is 0 Å². The standard InChI is InChI=1S/C19H22O4/c20-12-11-19(23-14-17-9-5-2-6-10-17)18(21)15-22-13-16-7-3-1-4-8-16/h1-10,12,18-19,21H,11,13-15H2/t18-,19+/m1/s1. The first-order chi connectivity index (χ1) is 11.3. The Hall–Kier alpha value is -2.01. The van der Waals surface area contributed by atoms with Crippen molar-refractivity contribution in [3.8, 4) is 0 Å². The van der Waals surface area contributed by atoms with Crippen LogP contribution in [-0.4, -0.2) is 30.2 Å². The number of hydrogen-bond donors (Lipinski definition) is 1. The van der Waals surface area contributed by atoms with Crippen molar-refractivity contribution in [1.29, 1.82) is 0 Å². The Kier molecular flexibility index (Phi) is 7.46. The van der Waals surface area contributed by atoms with E-state index in [1.807, 2.05) is 60.7 Å². The van der Waals surface area contributed by atoms with Gasteiger partial charge in [0.1, 0.15) is 12.4 Å². The fourth-order valence-corrected chi connectivity index (χ4v) is 2.19. The van der Waals surface area contributed by atoms with Crippen LogP contribution in [0.25, 0.3) is 0 Å².